The first kappa shape index (κ1) is 12.1. The van der Waals surface area contributed by atoms with E-state index in [1.807, 2.05) is 19.1 Å². The Labute approximate surface area is 121 Å². The quantitative estimate of drug-likeness (QED) is 0.588. The van der Waals surface area contributed by atoms with Crippen molar-refractivity contribution in [3.05, 3.63) is 41.4 Å². The summed E-state index contributed by atoms with van der Waals surface area (Å²) in [7, 11) is 0. The molecular weight excluding hydrogens is 278 g/mol. The fraction of sp³-hybridized carbons (Fsp3) is 0.333. The van der Waals surface area contributed by atoms with Crippen LogP contribution in [0, 0.1) is 11.8 Å². The Morgan fingerprint density at radius 3 is 2.55 bits per heavy atom. The normalized spacial score (nSPS) is 37.9. The molecule has 5 heteroatoms. The van der Waals surface area contributed by atoms with Crippen LogP contribution in [0.5, 0.6) is 0 Å². The second kappa shape index (κ2) is 3.71. The molecule has 2 saturated heterocycles. The van der Waals surface area contributed by atoms with Crippen molar-refractivity contribution in [3.63, 3.8) is 0 Å². The minimum atomic E-state index is -0.650. The number of rotatable bonds is 1. The lowest BCUT2D eigenvalue weighted by atomic mass is 9.78. The van der Waals surface area contributed by atoms with E-state index in [0.717, 1.165) is 0 Å². The van der Waals surface area contributed by atoms with Gasteiger partial charge in [-0.1, -0.05) is 23.8 Å². The maximum atomic E-state index is 12.6. The summed E-state index contributed by atoms with van der Waals surface area (Å²) in [5.41, 5.74) is -0.0784. The first-order valence-electron chi connectivity index (χ1n) is 6.52. The van der Waals surface area contributed by atoms with Gasteiger partial charge in [0.15, 0.2) is 0 Å². The van der Waals surface area contributed by atoms with E-state index in [2.05, 4.69) is 0 Å². The van der Waals surface area contributed by atoms with Gasteiger partial charge < -0.3 is 4.74 Å². The van der Waals surface area contributed by atoms with Crippen molar-refractivity contribution in [1.82, 2.24) is 0 Å². The molecule has 2 bridgehead atoms. The molecule has 20 heavy (non-hydrogen) atoms. The molecule has 0 aromatic heterocycles. The molecule has 0 N–H and O–H groups in total. The summed E-state index contributed by atoms with van der Waals surface area (Å²) >= 11 is 5.85. The summed E-state index contributed by atoms with van der Waals surface area (Å²) in [6.07, 6.45) is 3.51. The summed E-state index contributed by atoms with van der Waals surface area (Å²) in [4.78, 5) is 26.5. The van der Waals surface area contributed by atoms with Gasteiger partial charge in [0, 0.05) is 5.02 Å². The molecule has 0 spiro atoms. The minimum absolute atomic E-state index is 0.180. The summed E-state index contributed by atoms with van der Waals surface area (Å²) in [6.45, 7) is 1.87. The lowest BCUT2D eigenvalue weighted by molar-refractivity contribution is -0.126. The van der Waals surface area contributed by atoms with Crippen molar-refractivity contribution in [1.29, 1.82) is 0 Å². The second-order valence-corrected chi connectivity index (χ2v) is 6.05. The van der Waals surface area contributed by atoms with Gasteiger partial charge >= 0.3 is 0 Å². The van der Waals surface area contributed by atoms with E-state index in [1.54, 1.807) is 24.3 Å². The Bertz CT molecular complexity index is 654. The molecule has 0 saturated carbocycles. The molecule has 4 atom stereocenters. The molecule has 102 valence electrons. The third kappa shape index (κ3) is 1.35. The Kier molecular flexibility index (Phi) is 2.25. The van der Waals surface area contributed by atoms with E-state index in [4.69, 9.17) is 16.3 Å². The average Bonchev–Trinajstić information content (AvgIpc) is 3.01. The van der Waals surface area contributed by atoms with Gasteiger partial charge in [-0.2, -0.15) is 0 Å². The molecule has 3 aliphatic rings. The van der Waals surface area contributed by atoms with E-state index >= 15 is 0 Å². The van der Waals surface area contributed by atoms with E-state index in [9.17, 15) is 9.59 Å². The predicted molar refractivity (Wildman–Crippen MR) is 73.3 cm³/mol. The zero-order chi connectivity index (χ0) is 14.1. The van der Waals surface area contributed by atoms with Gasteiger partial charge in [0.2, 0.25) is 11.8 Å². The van der Waals surface area contributed by atoms with Crippen LogP contribution in [0.1, 0.15) is 6.92 Å². The molecule has 0 radical (unpaired) electrons. The van der Waals surface area contributed by atoms with Crippen LogP contribution in [0.2, 0.25) is 5.02 Å². The summed E-state index contributed by atoms with van der Waals surface area (Å²) in [6, 6.07) is 6.74. The molecule has 1 aromatic rings. The fourth-order valence-electron chi connectivity index (χ4n) is 3.50. The maximum absolute atomic E-state index is 12.6. The predicted octanol–water partition coefficient (Wildman–Crippen LogP) is 2.17. The summed E-state index contributed by atoms with van der Waals surface area (Å²) < 4.78 is 5.77. The summed E-state index contributed by atoms with van der Waals surface area (Å²) in [5.74, 6) is -1.18. The molecule has 2 amide bonds. The lowest BCUT2D eigenvalue weighted by Gasteiger charge is -2.24. The maximum Gasteiger partial charge on any atom is 0.241 e. The zero-order valence-corrected chi connectivity index (χ0v) is 11.5. The highest BCUT2D eigenvalue weighted by molar-refractivity contribution is 6.31. The summed E-state index contributed by atoms with van der Waals surface area (Å²) in [5, 5.41) is 0.574. The van der Waals surface area contributed by atoms with E-state index in [-0.39, 0.29) is 17.9 Å². The number of anilines is 1. The lowest BCUT2D eigenvalue weighted by Crippen LogP contribution is -2.38. The molecule has 0 aliphatic carbocycles. The highest BCUT2D eigenvalue weighted by Crippen LogP contribution is 2.52. The average molecular weight is 290 g/mol. The molecule has 4 nitrogen and oxygen atoms in total. The van der Waals surface area contributed by atoms with Crippen LogP contribution in [-0.2, 0) is 14.3 Å². The van der Waals surface area contributed by atoms with Gasteiger partial charge in [-0.15, -0.1) is 0 Å². The molecule has 0 unspecified atom stereocenters. The van der Waals surface area contributed by atoms with Crippen molar-refractivity contribution in [3.8, 4) is 0 Å². The van der Waals surface area contributed by atoms with Gasteiger partial charge in [-0.05, 0) is 31.2 Å². The van der Waals surface area contributed by atoms with Crippen LogP contribution in [0.25, 0.3) is 0 Å². The number of halogens is 1. The molecule has 3 aliphatic heterocycles. The van der Waals surface area contributed by atoms with Crippen LogP contribution >= 0.6 is 11.6 Å². The Morgan fingerprint density at radius 2 is 1.90 bits per heavy atom. The van der Waals surface area contributed by atoms with Gasteiger partial charge in [-0.3, -0.25) is 9.59 Å². The molecule has 2 fully saturated rings. The number of nitrogens with zero attached hydrogens (tertiary/aromatic N) is 1. The van der Waals surface area contributed by atoms with Crippen molar-refractivity contribution < 1.29 is 14.3 Å². The number of benzene rings is 1. The van der Waals surface area contributed by atoms with Crippen LogP contribution in [0.4, 0.5) is 5.69 Å². The number of amides is 2. The highest BCUT2D eigenvalue weighted by Gasteiger charge is 2.65. The van der Waals surface area contributed by atoms with Gasteiger partial charge in [0.1, 0.15) is 0 Å². The number of hydrogen-bond acceptors (Lipinski definition) is 3. The van der Waals surface area contributed by atoms with Gasteiger partial charge in [0.05, 0.1) is 29.2 Å². The smallest absolute Gasteiger partial charge is 0.241 e. The third-order valence-corrected chi connectivity index (χ3v) is 4.67. The number of ether oxygens (including phenoxy) is 1. The first-order valence-corrected chi connectivity index (χ1v) is 6.90. The van der Waals surface area contributed by atoms with Crippen LogP contribution in [0.3, 0.4) is 0 Å². The zero-order valence-electron chi connectivity index (χ0n) is 10.7. The van der Waals surface area contributed by atoms with Crippen molar-refractivity contribution in [2.75, 3.05) is 4.90 Å². The van der Waals surface area contributed by atoms with Gasteiger partial charge in [-0.25, -0.2) is 4.90 Å². The number of carbonyl (C=O) groups is 2. The standard InChI is InChI=1S/C15H12ClNO3/c1-15-7-6-10(20-15)11-12(15)14(19)17(13(11)18)9-4-2-8(16)3-5-9/h2-7,10-12H,1H3/t10-,11-,12+,15+/m1/s1. The Morgan fingerprint density at radius 1 is 1.20 bits per heavy atom. The third-order valence-electron chi connectivity index (χ3n) is 4.41. The monoisotopic (exact) mass is 289 g/mol. The van der Waals surface area contributed by atoms with Gasteiger partial charge in [0.25, 0.3) is 0 Å². The first-order chi connectivity index (χ1) is 9.51. The Hall–Kier alpha value is -1.65. The number of fused-ring (bicyclic) bond motifs is 5. The fourth-order valence-corrected chi connectivity index (χ4v) is 3.62. The van der Waals surface area contributed by atoms with E-state index in [0.29, 0.717) is 10.7 Å². The minimum Gasteiger partial charge on any atom is -0.362 e. The van der Waals surface area contributed by atoms with Crippen LogP contribution < -0.4 is 4.90 Å². The second-order valence-electron chi connectivity index (χ2n) is 5.62. The molecule has 3 heterocycles. The van der Waals surface area contributed by atoms with Crippen LogP contribution in [0.15, 0.2) is 36.4 Å². The SMILES string of the molecule is C[C@@]12C=C[C@@H](O1)[C@H]1C(=O)N(c3ccc(Cl)cc3)C(=O)[C@H]12. The molecular formula is C15H12ClNO3. The largest absolute Gasteiger partial charge is 0.362 e. The van der Waals surface area contributed by atoms with E-state index < -0.39 is 17.4 Å². The molecule has 4 rings (SSSR count). The Balaban J connectivity index is 1.77. The van der Waals surface area contributed by atoms with Crippen LogP contribution in [-0.4, -0.2) is 23.5 Å². The number of carbonyl (C=O) groups excluding carboxylic acids is 2. The number of hydrogen-bond donors (Lipinski definition) is 0. The highest BCUT2D eigenvalue weighted by atomic mass is 35.5. The van der Waals surface area contributed by atoms with Crippen molar-refractivity contribution in [2.24, 2.45) is 11.8 Å². The van der Waals surface area contributed by atoms with E-state index in [1.165, 1.54) is 4.90 Å². The van der Waals surface area contributed by atoms with Crippen molar-refractivity contribution in [2.45, 2.75) is 18.6 Å². The number of imide groups is 1. The molecule has 1 aromatic carbocycles. The topological polar surface area (TPSA) is 46.6 Å². The van der Waals surface area contributed by atoms with Crippen molar-refractivity contribution >= 4 is 29.1 Å².